The highest BCUT2D eigenvalue weighted by molar-refractivity contribution is 7.92. The van der Waals surface area contributed by atoms with Crippen LogP contribution in [0.1, 0.15) is 43.0 Å². The topological polar surface area (TPSA) is 86.8 Å². The van der Waals surface area contributed by atoms with Crippen LogP contribution in [-0.2, 0) is 32.6 Å². The summed E-state index contributed by atoms with van der Waals surface area (Å²) in [7, 11) is -3.87. The molecule has 0 bridgehead atoms. The van der Waals surface area contributed by atoms with Crippen molar-refractivity contribution < 1.29 is 22.4 Å². The third-order valence-electron chi connectivity index (χ3n) is 6.40. The Hall–Kier alpha value is -3.72. The maximum atomic E-state index is 14.1. The van der Waals surface area contributed by atoms with Crippen LogP contribution in [0.15, 0.2) is 72.8 Å². The van der Waals surface area contributed by atoms with E-state index in [-0.39, 0.29) is 18.9 Å². The van der Waals surface area contributed by atoms with Crippen molar-refractivity contribution in [3.05, 3.63) is 101 Å². The molecule has 0 radical (unpaired) electrons. The van der Waals surface area contributed by atoms with Crippen LogP contribution in [0, 0.1) is 19.7 Å². The third kappa shape index (κ3) is 8.39. The van der Waals surface area contributed by atoms with Gasteiger partial charge in [-0.05, 0) is 69.0 Å². The van der Waals surface area contributed by atoms with Gasteiger partial charge in [0.15, 0.2) is 0 Å². The number of nitrogens with one attached hydrogen (secondary N) is 1. The van der Waals surface area contributed by atoms with Crippen molar-refractivity contribution in [1.29, 1.82) is 0 Å². The highest BCUT2D eigenvalue weighted by Crippen LogP contribution is 2.27. The molecular weight excluding hydrogens is 529 g/mol. The first-order valence-electron chi connectivity index (χ1n) is 13.1. The second-order valence-electron chi connectivity index (χ2n) is 11.1. The van der Waals surface area contributed by atoms with Crippen LogP contribution < -0.4 is 9.62 Å². The van der Waals surface area contributed by atoms with E-state index in [0.29, 0.717) is 22.4 Å². The van der Waals surface area contributed by atoms with Crippen LogP contribution in [0.3, 0.4) is 0 Å². The molecule has 214 valence electrons. The number of nitrogens with zero attached hydrogens (tertiary/aromatic N) is 2. The first kappa shape index (κ1) is 30.8. The van der Waals surface area contributed by atoms with E-state index in [2.05, 4.69) is 5.32 Å². The lowest BCUT2D eigenvalue weighted by atomic mass is 10.0. The summed E-state index contributed by atoms with van der Waals surface area (Å²) in [5, 5.41) is 2.98. The van der Waals surface area contributed by atoms with Crippen LogP contribution in [-0.4, -0.2) is 49.5 Å². The van der Waals surface area contributed by atoms with Crippen LogP contribution >= 0.6 is 0 Å². The zero-order valence-corrected chi connectivity index (χ0v) is 24.8. The molecule has 0 fully saturated rings. The highest BCUT2D eigenvalue weighted by Gasteiger charge is 2.34. The van der Waals surface area contributed by atoms with Gasteiger partial charge in [0.1, 0.15) is 18.4 Å². The number of carbonyl (C=O) groups is 2. The molecule has 0 aliphatic carbocycles. The number of rotatable bonds is 10. The van der Waals surface area contributed by atoms with Gasteiger partial charge in [-0.15, -0.1) is 0 Å². The molecule has 3 aromatic rings. The number of hydrogen-bond acceptors (Lipinski definition) is 4. The van der Waals surface area contributed by atoms with Crippen LogP contribution in [0.25, 0.3) is 0 Å². The quantitative estimate of drug-likeness (QED) is 0.383. The smallest absolute Gasteiger partial charge is 0.244 e. The fourth-order valence-corrected chi connectivity index (χ4v) is 5.53. The molecule has 9 heteroatoms. The molecule has 0 aliphatic rings. The number of aryl methyl sites for hydroxylation is 2. The van der Waals surface area contributed by atoms with Gasteiger partial charge in [0.2, 0.25) is 21.8 Å². The Morgan fingerprint density at radius 2 is 1.45 bits per heavy atom. The molecule has 0 heterocycles. The summed E-state index contributed by atoms with van der Waals surface area (Å²) in [6.45, 7) is 8.61. The lowest BCUT2D eigenvalue weighted by Gasteiger charge is -2.35. The van der Waals surface area contributed by atoms with Crippen molar-refractivity contribution in [2.24, 2.45) is 0 Å². The molecule has 3 aromatic carbocycles. The Morgan fingerprint density at radius 3 is 1.98 bits per heavy atom. The summed E-state index contributed by atoms with van der Waals surface area (Å²) in [5.74, 6) is -1.35. The summed E-state index contributed by atoms with van der Waals surface area (Å²) >= 11 is 0. The summed E-state index contributed by atoms with van der Waals surface area (Å²) in [5.41, 5.74) is 2.70. The molecule has 7 nitrogen and oxygen atoms in total. The number of halogens is 1. The molecular formula is C31H38FN3O4S. The van der Waals surface area contributed by atoms with E-state index in [0.717, 1.165) is 16.1 Å². The van der Waals surface area contributed by atoms with Gasteiger partial charge in [-0.3, -0.25) is 13.9 Å². The molecule has 0 aliphatic heterocycles. The number of anilines is 1. The molecule has 0 saturated heterocycles. The molecule has 40 heavy (non-hydrogen) atoms. The van der Waals surface area contributed by atoms with Crippen molar-refractivity contribution in [2.45, 2.75) is 59.2 Å². The number of carbonyl (C=O) groups excluding carboxylic acids is 2. The number of para-hydroxylation sites is 1. The van der Waals surface area contributed by atoms with Crippen molar-refractivity contribution in [1.82, 2.24) is 10.2 Å². The van der Waals surface area contributed by atoms with E-state index in [9.17, 15) is 22.4 Å². The third-order valence-corrected chi connectivity index (χ3v) is 7.52. The second kappa shape index (κ2) is 12.6. The van der Waals surface area contributed by atoms with Gasteiger partial charge in [-0.1, -0.05) is 60.7 Å². The minimum atomic E-state index is -3.87. The maximum Gasteiger partial charge on any atom is 0.244 e. The van der Waals surface area contributed by atoms with E-state index in [4.69, 9.17) is 0 Å². The van der Waals surface area contributed by atoms with Gasteiger partial charge in [0.05, 0.1) is 11.9 Å². The Morgan fingerprint density at radius 1 is 0.875 bits per heavy atom. The van der Waals surface area contributed by atoms with Gasteiger partial charge in [-0.25, -0.2) is 12.8 Å². The first-order valence-corrected chi connectivity index (χ1v) is 14.9. The Balaban J connectivity index is 2.10. The number of hydrogen-bond donors (Lipinski definition) is 1. The van der Waals surface area contributed by atoms with Gasteiger partial charge >= 0.3 is 0 Å². The van der Waals surface area contributed by atoms with E-state index in [1.807, 2.05) is 57.2 Å². The standard InChI is InChI=1S/C31H38FN3O4S/c1-22-11-10-12-23(2)29(22)35(40(6,38)39)21-28(36)34(20-25-15-17-26(32)18-16-25)27(30(37)33-31(3,4)5)19-24-13-8-7-9-14-24/h7-18,27H,19-21H2,1-6H3,(H,33,37)/t27-/m1/s1. The van der Waals surface area contributed by atoms with E-state index < -0.39 is 39.9 Å². The first-order chi connectivity index (χ1) is 18.7. The van der Waals surface area contributed by atoms with E-state index in [1.54, 1.807) is 38.1 Å². The summed E-state index contributed by atoms with van der Waals surface area (Å²) in [6.07, 6.45) is 1.27. The normalized spacial score (nSPS) is 12.5. The molecule has 0 spiro atoms. The van der Waals surface area contributed by atoms with Gasteiger partial charge in [0, 0.05) is 18.5 Å². The minimum absolute atomic E-state index is 0.0153. The molecule has 3 rings (SSSR count). The van der Waals surface area contributed by atoms with Crippen LogP contribution in [0.2, 0.25) is 0 Å². The Labute approximate surface area is 237 Å². The zero-order valence-electron chi connectivity index (χ0n) is 23.9. The molecule has 0 saturated carbocycles. The SMILES string of the molecule is Cc1cccc(C)c1N(CC(=O)N(Cc1ccc(F)cc1)[C@H](Cc1ccccc1)C(=O)NC(C)(C)C)S(C)(=O)=O. The van der Waals surface area contributed by atoms with Gasteiger partial charge in [-0.2, -0.15) is 0 Å². The molecule has 2 amide bonds. The minimum Gasteiger partial charge on any atom is -0.350 e. The predicted octanol–water partition coefficient (Wildman–Crippen LogP) is 4.76. The Kier molecular flexibility index (Phi) is 9.73. The number of amides is 2. The molecule has 1 N–H and O–H groups in total. The summed E-state index contributed by atoms with van der Waals surface area (Å²) in [6, 6.07) is 19.4. The Bertz CT molecular complexity index is 1420. The van der Waals surface area contributed by atoms with Crippen molar-refractivity contribution in [3.63, 3.8) is 0 Å². The van der Waals surface area contributed by atoms with Crippen molar-refractivity contribution >= 4 is 27.5 Å². The average Bonchev–Trinajstić information content (AvgIpc) is 2.85. The summed E-state index contributed by atoms with van der Waals surface area (Å²) in [4.78, 5) is 29.2. The van der Waals surface area contributed by atoms with Crippen LogP contribution in [0.5, 0.6) is 0 Å². The fraction of sp³-hybridized carbons (Fsp3) is 0.355. The van der Waals surface area contributed by atoms with Crippen molar-refractivity contribution in [2.75, 3.05) is 17.1 Å². The monoisotopic (exact) mass is 567 g/mol. The second-order valence-corrected chi connectivity index (χ2v) is 13.0. The van der Waals surface area contributed by atoms with Crippen LogP contribution in [0.4, 0.5) is 10.1 Å². The maximum absolute atomic E-state index is 14.1. The summed E-state index contributed by atoms with van der Waals surface area (Å²) < 4.78 is 40.8. The number of benzene rings is 3. The molecule has 0 unspecified atom stereocenters. The highest BCUT2D eigenvalue weighted by atomic mass is 32.2. The predicted molar refractivity (Wildman–Crippen MR) is 157 cm³/mol. The van der Waals surface area contributed by atoms with Gasteiger partial charge < -0.3 is 10.2 Å². The van der Waals surface area contributed by atoms with E-state index in [1.165, 1.54) is 17.0 Å². The largest absolute Gasteiger partial charge is 0.350 e. The average molecular weight is 568 g/mol. The van der Waals surface area contributed by atoms with Gasteiger partial charge in [0.25, 0.3) is 0 Å². The van der Waals surface area contributed by atoms with Crippen molar-refractivity contribution in [3.8, 4) is 0 Å². The molecule has 1 atom stereocenters. The fourth-order valence-electron chi connectivity index (χ4n) is 4.57. The lowest BCUT2D eigenvalue weighted by Crippen LogP contribution is -2.56. The lowest BCUT2D eigenvalue weighted by molar-refractivity contribution is -0.140. The number of sulfonamides is 1. The molecule has 0 aromatic heterocycles. The van der Waals surface area contributed by atoms with E-state index >= 15 is 0 Å². The zero-order chi connectivity index (χ0) is 29.7.